The second kappa shape index (κ2) is 5.61. The van der Waals surface area contributed by atoms with Gasteiger partial charge in [0.25, 0.3) is 0 Å². The molecule has 2 aromatic rings. The number of thioether (sulfide) groups is 1. The van der Waals surface area contributed by atoms with Gasteiger partial charge in [-0.2, -0.15) is 0 Å². The zero-order valence-electron chi connectivity index (χ0n) is 9.30. The number of hydrogen-bond acceptors (Lipinski definition) is 5. The van der Waals surface area contributed by atoms with Crippen LogP contribution in [0.15, 0.2) is 28.0 Å². The van der Waals surface area contributed by atoms with Crippen molar-refractivity contribution in [2.24, 2.45) is 12.8 Å². The molecule has 2 heterocycles. The molecule has 2 N–H and O–H groups in total. The molecule has 7 heteroatoms. The largest absolute Gasteiger partial charge is 0.324 e. The average molecular weight is 314 g/mol. The van der Waals surface area contributed by atoms with Crippen LogP contribution in [0.5, 0.6) is 0 Å². The van der Waals surface area contributed by atoms with Crippen LogP contribution in [0.1, 0.15) is 11.5 Å². The zero-order chi connectivity index (χ0) is 12.3. The Morgan fingerprint density at radius 1 is 1.41 bits per heavy atom. The molecule has 0 bridgehead atoms. The first-order chi connectivity index (χ1) is 8.20. The maximum Gasteiger partial charge on any atom is 0.191 e. The number of halogens is 1. The quantitative estimate of drug-likeness (QED) is 0.870. The highest BCUT2D eigenvalue weighted by atomic mass is 79.9. The third kappa shape index (κ3) is 3.05. The molecule has 5 nitrogen and oxygen atoms in total. The van der Waals surface area contributed by atoms with E-state index in [0.29, 0.717) is 6.54 Å². The van der Waals surface area contributed by atoms with Gasteiger partial charge in [-0.05, 0) is 28.1 Å². The highest BCUT2D eigenvalue weighted by Crippen LogP contribution is 2.20. The lowest BCUT2D eigenvalue weighted by atomic mass is 10.4. The van der Waals surface area contributed by atoms with Gasteiger partial charge >= 0.3 is 0 Å². The minimum Gasteiger partial charge on any atom is -0.324 e. The van der Waals surface area contributed by atoms with Gasteiger partial charge in [0.1, 0.15) is 5.82 Å². The molecule has 2 rings (SSSR count). The van der Waals surface area contributed by atoms with Crippen molar-refractivity contribution in [1.82, 2.24) is 19.7 Å². The first kappa shape index (κ1) is 12.5. The van der Waals surface area contributed by atoms with E-state index in [2.05, 4.69) is 31.1 Å². The van der Waals surface area contributed by atoms with E-state index in [-0.39, 0.29) is 0 Å². The molecule has 90 valence electrons. The average Bonchev–Trinajstić information content (AvgIpc) is 2.69. The summed E-state index contributed by atoms with van der Waals surface area (Å²) in [7, 11) is 1.92. The first-order valence-electron chi connectivity index (χ1n) is 5.02. The van der Waals surface area contributed by atoms with E-state index in [1.807, 2.05) is 23.7 Å². The minimum atomic E-state index is 0.403. The van der Waals surface area contributed by atoms with Crippen molar-refractivity contribution >= 4 is 27.7 Å². The fourth-order valence-electron chi connectivity index (χ4n) is 1.28. The smallest absolute Gasteiger partial charge is 0.191 e. The molecule has 0 saturated carbocycles. The summed E-state index contributed by atoms with van der Waals surface area (Å²) in [5, 5.41) is 8.93. The molecule has 0 unspecified atom stereocenters. The van der Waals surface area contributed by atoms with Crippen molar-refractivity contribution in [3.63, 3.8) is 0 Å². The Labute approximate surface area is 112 Å². The van der Waals surface area contributed by atoms with Gasteiger partial charge in [0.15, 0.2) is 5.16 Å². The predicted octanol–water partition coefficient (Wildman–Crippen LogP) is 1.72. The van der Waals surface area contributed by atoms with Crippen molar-refractivity contribution in [2.75, 3.05) is 0 Å². The van der Waals surface area contributed by atoms with E-state index >= 15 is 0 Å². The maximum absolute atomic E-state index is 5.54. The molecule has 0 fully saturated rings. The fraction of sp³-hybridized carbons (Fsp3) is 0.300. The van der Waals surface area contributed by atoms with Gasteiger partial charge in [0, 0.05) is 23.5 Å². The number of pyridine rings is 1. The van der Waals surface area contributed by atoms with Crippen LogP contribution in [0.3, 0.4) is 0 Å². The summed E-state index contributed by atoms with van der Waals surface area (Å²) in [4.78, 5) is 4.30. The third-order valence-corrected chi connectivity index (χ3v) is 3.77. The summed E-state index contributed by atoms with van der Waals surface area (Å²) in [5.74, 6) is 1.56. The van der Waals surface area contributed by atoms with Crippen molar-refractivity contribution < 1.29 is 0 Å². The number of aromatic nitrogens is 4. The molecule has 17 heavy (non-hydrogen) atoms. The van der Waals surface area contributed by atoms with Crippen LogP contribution in [-0.2, 0) is 19.3 Å². The summed E-state index contributed by atoms with van der Waals surface area (Å²) in [5.41, 5.74) is 6.55. The Bertz CT molecular complexity index is 496. The summed E-state index contributed by atoms with van der Waals surface area (Å²) < 4.78 is 2.89. The summed E-state index contributed by atoms with van der Waals surface area (Å²) in [6.07, 6.45) is 1.79. The molecular formula is C10H12BrN5S. The Morgan fingerprint density at radius 2 is 2.24 bits per heavy atom. The molecular weight excluding hydrogens is 302 g/mol. The Kier molecular flexibility index (Phi) is 4.14. The Balaban J connectivity index is 2.02. The predicted molar refractivity (Wildman–Crippen MR) is 70.4 cm³/mol. The fourth-order valence-corrected chi connectivity index (χ4v) is 2.36. The van der Waals surface area contributed by atoms with Crippen LogP contribution in [0, 0.1) is 0 Å². The van der Waals surface area contributed by atoms with Crippen LogP contribution in [0.2, 0.25) is 0 Å². The van der Waals surface area contributed by atoms with E-state index in [4.69, 9.17) is 5.73 Å². The second-order valence-electron chi connectivity index (χ2n) is 3.42. The van der Waals surface area contributed by atoms with Gasteiger partial charge in [-0.1, -0.05) is 11.8 Å². The maximum atomic E-state index is 5.54. The molecule has 0 aliphatic rings. The van der Waals surface area contributed by atoms with Crippen molar-refractivity contribution in [3.8, 4) is 0 Å². The molecule has 0 aromatic carbocycles. The van der Waals surface area contributed by atoms with Gasteiger partial charge < -0.3 is 10.3 Å². The zero-order valence-corrected chi connectivity index (χ0v) is 11.7. The standard InChI is InChI=1S/C10H12BrN5S/c1-16-9(4-12)14-15-10(16)17-6-8-3-2-7(11)5-13-8/h2-3,5H,4,6,12H2,1H3. The molecule has 0 aliphatic heterocycles. The second-order valence-corrected chi connectivity index (χ2v) is 5.28. The molecule has 0 amide bonds. The van der Waals surface area contributed by atoms with Gasteiger partial charge in [-0.25, -0.2) is 0 Å². The summed E-state index contributed by atoms with van der Waals surface area (Å²) >= 11 is 4.95. The molecule has 0 radical (unpaired) electrons. The van der Waals surface area contributed by atoms with E-state index in [1.54, 1.807) is 18.0 Å². The van der Waals surface area contributed by atoms with Crippen LogP contribution in [-0.4, -0.2) is 19.7 Å². The molecule has 0 atom stereocenters. The number of nitrogens with two attached hydrogens (primary N) is 1. The highest BCUT2D eigenvalue weighted by Gasteiger charge is 2.07. The van der Waals surface area contributed by atoms with Gasteiger partial charge in [-0.15, -0.1) is 10.2 Å². The van der Waals surface area contributed by atoms with Crippen molar-refractivity contribution in [3.05, 3.63) is 34.3 Å². The van der Waals surface area contributed by atoms with Crippen LogP contribution in [0.25, 0.3) is 0 Å². The SMILES string of the molecule is Cn1c(CN)nnc1SCc1ccc(Br)cn1. The van der Waals surface area contributed by atoms with Crippen LogP contribution < -0.4 is 5.73 Å². The number of nitrogens with zero attached hydrogens (tertiary/aromatic N) is 4. The van der Waals surface area contributed by atoms with E-state index < -0.39 is 0 Å². The number of hydrogen-bond donors (Lipinski definition) is 1. The lowest BCUT2D eigenvalue weighted by molar-refractivity contribution is 0.734. The monoisotopic (exact) mass is 313 g/mol. The normalized spacial score (nSPS) is 10.8. The van der Waals surface area contributed by atoms with E-state index in [1.165, 1.54) is 0 Å². The molecule has 2 aromatic heterocycles. The van der Waals surface area contributed by atoms with Gasteiger partial charge in [-0.3, -0.25) is 4.98 Å². The Morgan fingerprint density at radius 3 is 2.82 bits per heavy atom. The molecule has 0 aliphatic carbocycles. The van der Waals surface area contributed by atoms with E-state index in [0.717, 1.165) is 26.9 Å². The first-order valence-corrected chi connectivity index (χ1v) is 6.80. The van der Waals surface area contributed by atoms with Crippen LogP contribution in [0.4, 0.5) is 0 Å². The van der Waals surface area contributed by atoms with Gasteiger partial charge in [0.05, 0.1) is 12.2 Å². The lowest BCUT2D eigenvalue weighted by Gasteiger charge is -2.02. The van der Waals surface area contributed by atoms with Crippen LogP contribution >= 0.6 is 27.7 Å². The van der Waals surface area contributed by atoms with Crippen molar-refractivity contribution in [2.45, 2.75) is 17.5 Å². The number of rotatable bonds is 4. The summed E-state index contributed by atoms with van der Waals surface area (Å²) in [6.45, 7) is 0.403. The molecule has 0 spiro atoms. The molecule has 0 saturated heterocycles. The minimum absolute atomic E-state index is 0.403. The highest BCUT2D eigenvalue weighted by molar-refractivity contribution is 9.10. The Hall–Kier alpha value is -0.920. The van der Waals surface area contributed by atoms with Gasteiger partial charge in [0.2, 0.25) is 0 Å². The lowest BCUT2D eigenvalue weighted by Crippen LogP contribution is -2.05. The van der Waals surface area contributed by atoms with E-state index in [9.17, 15) is 0 Å². The van der Waals surface area contributed by atoms with Crippen molar-refractivity contribution in [1.29, 1.82) is 0 Å². The third-order valence-electron chi connectivity index (χ3n) is 2.25. The summed E-state index contributed by atoms with van der Waals surface area (Å²) in [6, 6.07) is 3.96. The topological polar surface area (TPSA) is 69.6 Å².